The number of benzene rings is 2. The van der Waals surface area contributed by atoms with E-state index in [1.807, 2.05) is 0 Å². The van der Waals surface area contributed by atoms with Gasteiger partial charge < -0.3 is 15.4 Å². The maximum absolute atomic E-state index is 13.7. The number of hydrogen-bond donors (Lipinski definition) is 2. The Hall–Kier alpha value is -3.37. The van der Waals surface area contributed by atoms with Crippen LogP contribution in [0.3, 0.4) is 0 Å². The first kappa shape index (κ1) is 24.7. The van der Waals surface area contributed by atoms with Crippen molar-refractivity contribution in [1.82, 2.24) is 20.4 Å². The maximum Gasteiger partial charge on any atom is 0.286 e. The highest BCUT2D eigenvalue weighted by Gasteiger charge is 2.18. The molecule has 1 aliphatic heterocycles. The lowest BCUT2D eigenvalue weighted by molar-refractivity contribution is 0.0937. The number of halogens is 1. The minimum Gasteiger partial charge on any atom is -0.486 e. The fourth-order valence-electron chi connectivity index (χ4n) is 3.89. The van der Waals surface area contributed by atoms with Gasteiger partial charge in [-0.05, 0) is 62.7 Å². The average Bonchev–Trinajstić information content (AvgIpc) is 3.35. The highest BCUT2D eigenvalue weighted by atomic mass is 32.1. The van der Waals surface area contributed by atoms with Crippen molar-refractivity contribution in [2.24, 2.45) is 0 Å². The van der Waals surface area contributed by atoms with Gasteiger partial charge in [0.1, 0.15) is 18.2 Å². The maximum atomic E-state index is 13.7. The van der Waals surface area contributed by atoms with Crippen molar-refractivity contribution in [1.29, 1.82) is 0 Å². The van der Waals surface area contributed by atoms with Gasteiger partial charge in [-0.15, -0.1) is 10.2 Å². The molecular weight excluding hydrogens is 469 g/mol. The van der Waals surface area contributed by atoms with Gasteiger partial charge in [0.15, 0.2) is 5.01 Å². The first-order valence-corrected chi connectivity index (χ1v) is 12.4. The molecule has 0 spiro atoms. The number of anilines is 1. The molecule has 2 heterocycles. The number of aromatic nitrogens is 2. The second kappa shape index (κ2) is 11.9. The molecule has 8 nitrogen and oxygen atoms in total. The number of piperidine rings is 1. The van der Waals surface area contributed by atoms with Crippen molar-refractivity contribution in [3.8, 4) is 5.75 Å². The number of ether oxygens (including phenoxy) is 1. The zero-order valence-corrected chi connectivity index (χ0v) is 20.3. The van der Waals surface area contributed by atoms with Crippen molar-refractivity contribution in [2.75, 3.05) is 25.0 Å². The standard InChI is InChI=1S/C25H28FN5O3S/c1-17-6-4-5-14-31(17)15-13-27-23(32)18-9-11-19(12-10-18)34-16-22-29-30-25(35-22)24(33)28-21-8-3-2-7-20(21)26/h2-3,7-12,17H,4-6,13-16H2,1H3,(H,27,32)(H,28,33). The minimum absolute atomic E-state index is 0.0793. The minimum atomic E-state index is -0.538. The van der Waals surface area contributed by atoms with Crippen LogP contribution in [0.2, 0.25) is 0 Å². The Labute approximate surface area is 207 Å². The van der Waals surface area contributed by atoms with E-state index < -0.39 is 11.7 Å². The van der Waals surface area contributed by atoms with Crippen LogP contribution in [-0.2, 0) is 6.61 Å². The second-order valence-corrected chi connectivity index (χ2v) is 9.45. The van der Waals surface area contributed by atoms with E-state index in [1.54, 1.807) is 36.4 Å². The summed E-state index contributed by atoms with van der Waals surface area (Å²) in [6.07, 6.45) is 3.72. The van der Waals surface area contributed by atoms with Crippen LogP contribution < -0.4 is 15.4 Å². The summed E-state index contributed by atoms with van der Waals surface area (Å²) in [5.74, 6) is -0.612. The van der Waals surface area contributed by atoms with Crippen LogP contribution in [0.4, 0.5) is 10.1 Å². The SMILES string of the molecule is CC1CCCCN1CCNC(=O)c1ccc(OCc2nnc(C(=O)Nc3ccccc3F)s2)cc1. The molecule has 1 fully saturated rings. The molecule has 1 aliphatic rings. The van der Waals surface area contributed by atoms with Crippen LogP contribution in [0.25, 0.3) is 0 Å². The lowest BCUT2D eigenvalue weighted by Crippen LogP contribution is -2.42. The zero-order valence-electron chi connectivity index (χ0n) is 19.5. The smallest absolute Gasteiger partial charge is 0.286 e. The van der Waals surface area contributed by atoms with Gasteiger partial charge in [-0.3, -0.25) is 14.5 Å². The Morgan fingerprint density at radius 1 is 1.11 bits per heavy atom. The molecule has 2 N–H and O–H groups in total. The van der Waals surface area contributed by atoms with Crippen molar-refractivity contribution >= 4 is 28.8 Å². The summed E-state index contributed by atoms with van der Waals surface area (Å²) in [6.45, 7) is 4.92. The number of likely N-dealkylation sites (tertiary alicyclic amines) is 1. The molecule has 1 atom stereocenters. The second-order valence-electron chi connectivity index (χ2n) is 8.38. The summed E-state index contributed by atoms with van der Waals surface area (Å²) < 4.78 is 19.4. The zero-order chi connectivity index (χ0) is 24.6. The van der Waals surface area contributed by atoms with Crippen molar-refractivity contribution in [3.63, 3.8) is 0 Å². The Kier molecular flexibility index (Phi) is 8.38. The number of carbonyl (C=O) groups is 2. The van der Waals surface area contributed by atoms with Crippen LogP contribution in [0.15, 0.2) is 48.5 Å². The molecule has 184 valence electrons. The third kappa shape index (κ3) is 6.83. The Balaban J connectivity index is 1.22. The van der Waals surface area contributed by atoms with E-state index in [1.165, 1.54) is 31.4 Å². The van der Waals surface area contributed by atoms with Gasteiger partial charge in [0, 0.05) is 24.7 Å². The predicted molar refractivity (Wildman–Crippen MR) is 132 cm³/mol. The summed E-state index contributed by atoms with van der Waals surface area (Å²) in [6, 6.07) is 13.3. The van der Waals surface area contributed by atoms with Crippen molar-refractivity contribution in [3.05, 3.63) is 69.9 Å². The number of carbonyl (C=O) groups excluding carboxylic acids is 2. The number of nitrogens with one attached hydrogen (secondary N) is 2. The summed E-state index contributed by atoms with van der Waals surface area (Å²) in [4.78, 5) is 27.1. The van der Waals surface area contributed by atoms with E-state index in [2.05, 4.69) is 32.7 Å². The molecule has 10 heteroatoms. The summed E-state index contributed by atoms with van der Waals surface area (Å²) >= 11 is 1.06. The summed E-state index contributed by atoms with van der Waals surface area (Å²) in [5.41, 5.74) is 0.641. The third-order valence-corrected chi connectivity index (χ3v) is 6.78. The van der Waals surface area contributed by atoms with Crippen molar-refractivity contribution < 1.29 is 18.7 Å². The quantitative estimate of drug-likeness (QED) is 0.462. The summed E-state index contributed by atoms with van der Waals surface area (Å²) in [7, 11) is 0. The Morgan fingerprint density at radius 2 is 1.91 bits per heavy atom. The van der Waals surface area contributed by atoms with E-state index in [4.69, 9.17) is 4.74 Å². The lowest BCUT2D eigenvalue weighted by Gasteiger charge is -2.33. The third-order valence-electron chi connectivity index (χ3n) is 5.89. The van der Waals surface area contributed by atoms with Gasteiger partial charge >= 0.3 is 0 Å². The van der Waals surface area contributed by atoms with Gasteiger partial charge in [-0.2, -0.15) is 0 Å². The number of nitrogens with zero attached hydrogens (tertiary/aromatic N) is 3. The topological polar surface area (TPSA) is 96.5 Å². The van der Waals surface area contributed by atoms with Crippen LogP contribution in [0.5, 0.6) is 5.75 Å². The van der Waals surface area contributed by atoms with Crippen LogP contribution in [0, 0.1) is 5.82 Å². The Morgan fingerprint density at radius 3 is 2.69 bits per heavy atom. The van der Waals surface area contributed by atoms with Crippen molar-refractivity contribution in [2.45, 2.75) is 38.8 Å². The fraction of sp³-hybridized carbons (Fsp3) is 0.360. The Bertz CT molecular complexity index is 1150. The van der Waals surface area contributed by atoms with Crippen LogP contribution in [-0.4, -0.2) is 52.6 Å². The lowest BCUT2D eigenvalue weighted by atomic mass is 10.0. The molecule has 0 saturated carbocycles. The van der Waals surface area contributed by atoms with E-state index in [-0.39, 0.29) is 23.2 Å². The molecule has 0 radical (unpaired) electrons. The predicted octanol–water partition coefficient (Wildman–Crippen LogP) is 4.11. The highest BCUT2D eigenvalue weighted by molar-refractivity contribution is 7.13. The first-order valence-electron chi connectivity index (χ1n) is 11.6. The largest absolute Gasteiger partial charge is 0.486 e. The highest BCUT2D eigenvalue weighted by Crippen LogP contribution is 2.19. The van der Waals surface area contributed by atoms with E-state index in [0.717, 1.165) is 24.4 Å². The van der Waals surface area contributed by atoms with Crippen LogP contribution >= 0.6 is 11.3 Å². The number of amides is 2. The normalized spacial score (nSPS) is 16.0. The molecule has 3 aromatic rings. The van der Waals surface area contributed by atoms with Gasteiger partial charge in [0.25, 0.3) is 11.8 Å². The molecule has 2 aromatic carbocycles. The van der Waals surface area contributed by atoms with Gasteiger partial charge in [0.2, 0.25) is 5.01 Å². The molecule has 1 saturated heterocycles. The first-order chi connectivity index (χ1) is 17.0. The summed E-state index contributed by atoms with van der Waals surface area (Å²) in [5, 5.41) is 13.9. The number of hydrogen-bond acceptors (Lipinski definition) is 7. The molecule has 1 aromatic heterocycles. The molecule has 2 amide bonds. The van der Waals surface area contributed by atoms with E-state index in [9.17, 15) is 14.0 Å². The van der Waals surface area contributed by atoms with Gasteiger partial charge in [-0.25, -0.2) is 4.39 Å². The molecule has 0 aliphatic carbocycles. The van der Waals surface area contributed by atoms with Gasteiger partial charge in [0.05, 0.1) is 5.69 Å². The van der Waals surface area contributed by atoms with E-state index in [0.29, 0.717) is 28.9 Å². The molecular formula is C25H28FN5O3S. The van der Waals surface area contributed by atoms with Crippen LogP contribution in [0.1, 0.15) is 51.4 Å². The number of para-hydroxylation sites is 1. The average molecular weight is 498 g/mol. The molecule has 4 rings (SSSR count). The number of rotatable bonds is 9. The monoisotopic (exact) mass is 497 g/mol. The molecule has 0 bridgehead atoms. The fourth-order valence-corrected chi connectivity index (χ4v) is 4.54. The van der Waals surface area contributed by atoms with Gasteiger partial charge in [-0.1, -0.05) is 29.9 Å². The van der Waals surface area contributed by atoms with E-state index >= 15 is 0 Å². The molecule has 1 unspecified atom stereocenters. The molecule has 35 heavy (non-hydrogen) atoms.